The number of ketones is 4. The molecule has 0 aromatic heterocycles. The van der Waals surface area contributed by atoms with Gasteiger partial charge in [0.15, 0.2) is 34.7 Å². The summed E-state index contributed by atoms with van der Waals surface area (Å²) in [5, 5.41) is 34.1. The second-order valence-electron chi connectivity index (χ2n) is 11.4. The lowest BCUT2D eigenvalue weighted by atomic mass is 9.51. The molecule has 1 amide bonds. The predicted octanol–water partition coefficient (Wildman–Crippen LogP) is -0.0655. The van der Waals surface area contributed by atoms with Crippen molar-refractivity contribution in [2.24, 2.45) is 29.4 Å². The van der Waals surface area contributed by atoms with Crippen LogP contribution in [0.3, 0.4) is 0 Å². The number of benzene rings is 2. The summed E-state index contributed by atoms with van der Waals surface area (Å²) in [5.41, 5.74) is 6.38. The van der Waals surface area contributed by atoms with Crippen molar-refractivity contribution in [2.75, 3.05) is 14.1 Å². The minimum atomic E-state index is -3.00. The van der Waals surface area contributed by atoms with Gasteiger partial charge in [0.05, 0.1) is 29.5 Å². The Bertz CT molecular complexity index is 1580. The summed E-state index contributed by atoms with van der Waals surface area (Å²) in [7, 11) is 2.92. The first-order valence-electron chi connectivity index (χ1n) is 13.1. The molecule has 0 spiro atoms. The maximum Gasteiger partial charge on any atom is 0.235 e. The smallest absolute Gasteiger partial charge is 0.235 e. The molecule has 0 radical (unpaired) electrons. The molecule has 10 nitrogen and oxygen atoms in total. The van der Waals surface area contributed by atoms with Crippen molar-refractivity contribution in [3.8, 4) is 5.75 Å². The van der Waals surface area contributed by atoms with Crippen LogP contribution >= 0.6 is 0 Å². The number of Topliss-reactive ketones (excluding diaryl/α,β-unsaturated/α-hetero) is 4. The number of amides is 1. The summed E-state index contributed by atoms with van der Waals surface area (Å²) in [4.78, 5) is 68.0. The molecule has 6 rings (SSSR count). The van der Waals surface area contributed by atoms with E-state index in [1.54, 1.807) is 6.07 Å². The Labute approximate surface area is 229 Å². The maximum atomic E-state index is 14.0. The highest BCUT2D eigenvalue weighted by atomic mass is 16.3. The lowest BCUT2D eigenvalue weighted by Crippen LogP contribution is -2.77. The van der Waals surface area contributed by atoms with Crippen molar-refractivity contribution in [1.82, 2.24) is 4.90 Å². The SMILES string of the molecule is CN(C)[C@@H]1C(=O)C(C(N)=O)C(=O)[C@@]2(O)C(=O)C3C(=O)c4c(O)ccc(C5=Cc6ccccc6C5)c4C[C@H]3[C@H](O)[C@@H]12. The first kappa shape index (κ1) is 26.2. The number of rotatable bonds is 3. The van der Waals surface area contributed by atoms with E-state index < -0.39 is 70.5 Å². The number of phenols is 1. The predicted molar refractivity (Wildman–Crippen MR) is 141 cm³/mol. The molecule has 4 aliphatic rings. The zero-order valence-electron chi connectivity index (χ0n) is 21.8. The number of primary amides is 1. The molecular weight excluding hydrogens is 516 g/mol. The highest BCUT2D eigenvalue weighted by molar-refractivity contribution is 6.32. The number of aliphatic hydroxyl groups excluding tert-OH is 1. The van der Waals surface area contributed by atoms with Crippen molar-refractivity contribution in [1.29, 1.82) is 0 Å². The van der Waals surface area contributed by atoms with E-state index >= 15 is 0 Å². The summed E-state index contributed by atoms with van der Waals surface area (Å²) in [6.45, 7) is 0. The molecule has 2 aromatic rings. The van der Waals surface area contributed by atoms with E-state index in [1.165, 1.54) is 25.1 Å². The fourth-order valence-electron chi connectivity index (χ4n) is 7.37. The Balaban J connectivity index is 1.50. The molecule has 0 heterocycles. The second kappa shape index (κ2) is 8.76. The molecule has 206 valence electrons. The largest absolute Gasteiger partial charge is 0.507 e. The average Bonchev–Trinajstić information content (AvgIpc) is 3.32. The lowest BCUT2D eigenvalue weighted by molar-refractivity contribution is -0.195. The van der Waals surface area contributed by atoms with Crippen molar-refractivity contribution < 1.29 is 39.3 Å². The number of hydrogen-bond acceptors (Lipinski definition) is 9. The Morgan fingerprint density at radius 3 is 2.40 bits per heavy atom. The number of nitrogens with zero attached hydrogens (tertiary/aromatic N) is 1. The van der Waals surface area contributed by atoms with E-state index in [4.69, 9.17) is 5.73 Å². The number of nitrogens with two attached hydrogens (primary N) is 1. The number of phenolic OH excluding ortho intramolecular Hbond substituents is 1. The van der Waals surface area contributed by atoms with Crippen LogP contribution < -0.4 is 5.73 Å². The topological polar surface area (TPSA) is 175 Å². The number of carbonyl (C=O) groups is 5. The highest BCUT2D eigenvalue weighted by Gasteiger charge is 2.72. The Kier molecular flexibility index (Phi) is 5.74. The molecule has 4 aliphatic carbocycles. The third kappa shape index (κ3) is 3.30. The number of likely N-dealkylation sites (N-methyl/N-ethyl adjacent to an activating group) is 1. The molecule has 40 heavy (non-hydrogen) atoms. The van der Waals surface area contributed by atoms with Gasteiger partial charge in [0, 0.05) is 5.92 Å². The van der Waals surface area contributed by atoms with Crippen molar-refractivity contribution >= 4 is 40.7 Å². The van der Waals surface area contributed by atoms with Gasteiger partial charge in [-0.25, -0.2) is 0 Å². The van der Waals surface area contributed by atoms with Crippen molar-refractivity contribution in [2.45, 2.75) is 30.6 Å². The molecule has 2 saturated carbocycles. The highest BCUT2D eigenvalue weighted by Crippen LogP contribution is 2.52. The first-order chi connectivity index (χ1) is 18.9. The molecule has 2 aromatic carbocycles. The van der Waals surface area contributed by atoms with Crippen molar-refractivity contribution in [3.05, 3.63) is 64.2 Å². The van der Waals surface area contributed by atoms with Crippen LogP contribution in [0.15, 0.2) is 36.4 Å². The fourth-order valence-corrected chi connectivity index (χ4v) is 7.37. The van der Waals surface area contributed by atoms with Crippen LogP contribution in [-0.4, -0.2) is 81.1 Å². The molecule has 0 saturated heterocycles. The zero-order chi connectivity index (χ0) is 28.8. The average molecular weight is 545 g/mol. The first-order valence-corrected chi connectivity index (χ1v) is 13.1. The summed E-state index contributed by atoms with van der Waals surface area (Å²) in [5.74, 6) is -12.6. The minimum absolute atomic E-state index is 0.0234. The van der Waals surface area contributed by atoms with Gasteiger partial charge in [-0.2, -0.15) is 0 Å². The number of aromatic hydroxyl groups is 1. The van der Waals surface area contributed by atoms with Gasteiger partial charge in [0.1, 0.15) is 5.75 Å². The normalized spacial score (nSPS) is 32.8. The summed E-state index contributed by atoms with van der Waals surface area (Å²) >= 11 is 0. The maximum absolute atomic E-state index is 14.0. The third-order valence-electron chi connectivity index (χ3n) is 9.14. The van der Waals surface area contributed by atoms with E-state index in [-0.39, 0.29) is 17.7 Å². The number of hydrogen-bond donors (Lipinski definition) is 4. The molecule has 2 unspecified atom stereocenters. The van der Waals surface area contributed by atoms with Gasteiger partial charge in [-0.3, -0.25) is 28.9 Å². The Morgan fingerprint density at radius 2 is 1.75 bits per heavy atom. The van der Waals surface area contributed by atoms with Crippen LogP contribution in [0.25, 0.3) is 11.6 Å². The van der Waals surface area contributed by atoms with Crippen LogP contribution in [0.1, 0.15) is 32.6 Å². The molecule has 10 heteroatoms. The van der Waals surface area contributed by atoms with E-state index in [9.17, 15) is 39.3 Å². The zero-order valence-corrected chi connectivity index (χ0v) is 21.8. The van der Waals surface area contributed by atoms with Gasteiger partial charge in [0.2, 0.25) is 5.91 Å². The minimum Gasteiger partial charge on any atom is -0.507 e. The summed E-state index contributed by atoms with van der Waals surface area (Å²) < 4.78 is 0. The molecule has 5 N–H and O–H groups in total. The van der Waals surface area contributed by atoms with E-state index in [2.05, 4.69) is 0 Å². The fraction of sp³-hybridized carbons (Fsp3) is 0.367. The Hall–Kier alpha value is -3.99. The van der Waals surface area contributed by atoms with Gasteiger partial charge < -0.3 is 21.1 Å². The second-order valence-corrected chi connectivity index (χ2v) is 11.4. The Morgan fingerprint density at radius 1 is 1.05 bits per heavy atom. The van der Waals surface area contributed by atoms with Crippen LogP contribution in [0.2, 0.25) is 0 Å². The van der Waals surface area contributed by atoms with Gasteiger partial charge in [-0.15, -0.1) is 0 Å². The van der Waals surface area contributed by atoms with E-state index in [1.807, 2.05) is 30.3 Å². The molecule has 2 fully saturated rings. The van der Waals surface area contributed by atoms with Gasteiger partial charge in [0.25, 0.3) is 0 Å². The monoisotopic (exact) mass is 544 g/mol. The number of carbonyl (C=O) groups excluding carboxylic acids is 5. The number of fused-ring (bicyclic) bond motifs is 4. The van der Waals surface area contributed by atoms with Crippen molar-refractivity contribution in [3.63, 3.8) is 0 Å². The third-order valence-corrected chi connectivity index (χ3v) is 9.14. The van der Waals surface area contributed by atoms with Crippen LogP contribution in [-0.2, 0) is 32.0 Å². The standard InChI is InChI=1S/C30H28N2O8/c1-32(2)23-22-24(34)17-11-16-15(14-9-12-5-3-4-6-13(12)10-14)7-8-18(33)19(16)25(35)20(17)27(37)30(22,40)28(38)21(26(23)36)29(31)39/h3-9,17,20-24,33-34,40H,10-11H2,1-2H3,(H2,31,39)/t17-,20?,21?,22-,23+,24+,30+/m1/s1. The van der Waals surface area contributed by atoms with Crippen LogP contribution in [0, 0.1) is 23.7 Å². The summed E-state index contributed by atoms with van der Waals surface area (Å²) in [6, 6.07) is 9.48. The lowest BCUT2D eigenvalue weighted by Gasteiger charge is -2.54. The van der Waals surface area contributed by atoms with Gasteiger partial charge >= 0.3 is 0 Å². The van der Waals surface area contributed by atoms with Crippen LogP contribution in [0.4, 0.5) is 0 Å². The molecule has 0 bridgehead atoms. The number of aliphatic hydroxyl groups is 2. The van der Waals surface area contributed by atoms with Crippen LogP contribution in [0.5, 0.6) is 5.75 Å². The van der Waals surface area contributed by atoms with Gasteiger partial charge in [-0.05, 0) is 60.8 Å². The quantitative estimate of drug-likeness (QED) is 0.386. The van der Waals surface area contributed by atoms with E-state index in [0.717, 1.165) is 16.7 Å². The number of allylic oxidation sites excluding steroid dienone is 1. The molecule has 7 atom stereocenters. The molecular formula is C30H28N2O8. The van der Waals surface area contributed by atoms with E-state index in [0.29, 0.717) is 17.5 Å². The summed E-state index contributed by atoms with van der Waals surface area (Å²) in [6.07, 6.45) is 0.901. The van der Waals surface area contributed by atoms with Gasteiger partial charge in [-0.1, -0.05) is 36.4 Å². The molecule has 0 aliphatic heterocycles.